The molecular weight excluding hydrogens is 302 g/mol. The van der Waals surface area contributed by atoms with E-state index in [0.29, 0.717) is 18.4 Å². The van der Waals surface area contributed by atoms with Crippen LogP contribution in [0, 0.1) is 0 Å². The number of furan rings is 1. The zero-order valence-electron chi connectivity index (χ0n) is 14.0. The number of nitrogens with one attached hydrogen (secondary N) is 1. The molecule has 0 aliphatic heterocycles. The number of benzene rings is 1. The summed E-state index contributed by atoms with van der Waals surface area (Å²) in [6, 6.07) is 10.1. The summed E-state index contributed by atoms with van der Waals surface area (Å²) in [5, 5.41) is 8.73. The van der Waals surface area contributed by atoms with Crippen molar-refractivity contribution < 1.29 is 8.94 Å². The molecule has 0 saturated heterocycles. The number of rotatable bonds is 5. The van der Waals surface area contributed by atoms with Gasteiger partial charge in [0, 0.05) is 11.3 Å². The molecule has 24 heavy (non-hydrogen) atoms. The van der Waals surface area contributed by atoms with E-state index in [4.69, 9.17) is 8.94 Å². The van der Waals surface area contributed by atoms with Crippen molar-refractivity contribution in [2.45, 2.75) is 57.5 Å². The molecular formula is C19H23N3O2. The van der Waals surface area contributed by atoms with Crippen LogP contribution in [0.5, 0.6) is 0 Å². The Kier molecular flexibility index (Phi) is 4.34. The van der Waals surface area contributed by atoms with Gasteiger partial charge >= 0.3 is 0 Å². The van der Waals surface area contributed by atoms with Gasteiger partial charge in [0.25, 0.3) is 0 Å². The molecule has 2 heterocycles. The minimum Gasteiger partial charge on any atom is -0.460 e. The SMILES string of the molecule is CC(NCc1cc2ccccc2o1)c1nc(C2CCCCC2)no1. The summed E-state index contributed by atoms with van der Waals surface area (Å²) in [7, 11) is 0. The third-order valence-electron chi connectivity index (χ3n) is 4.86. The van der Waals surface area contributed by atoms with Crippen LogP contribution in [0.1, 0.15) is 68.5 Å². The third-order valence-corrected chi connectivity index (χ3v) is 4.86. The Hall–Kier alpha value is -2.14. The topological polar surface area (TPSA) is 64.1 Å². The summed E-state index contributed by atoms with van der Waals surface area (Å²) < 4.78 is 11.3. The Morgan fingerprint density at radius 1 is 1.21 bits per heavy atom. The molecule has 1 aliphatic rings. The fourth-order valence-electron chi connectivity index (χ4n) is 3.41. The van der Waals surface area contributed by atoms with Gasteiger partial charge in [-0.25, -0.2) is 0 Å². The lowest BCUT2D eigenvalue weighted by molar-refractivity contribution is 0.325. The molecule has 1 unspecified atom stereocenters. The van der Waals surface area contributed by atoms with Crippen LogP contribution in [0.2, 0.25) is 0 Å². The van der Waals surface area contributed by atoms with Crippen molar-refractivity contribution in [2.24, 2.45) is 0 Å². The van der Waals surface area contributed by atoms with Gasteiger partial charge < -0.3 is 8.94 Å². The molecule has 2 aromatic heterocycles. The molecule has 1 saturated carbocycles. The minimum absolute atomic E-state index is 0.00283. The molecule has 0 spiro atoms. The highest BCUT2D eigenvalue weighted by molar-refractivity contribution is 5.77. The van der Waals surface area contributed by atoms with Gasteiger partial charge in [0.15, 0.2) is 5.82 Å². The van der Waals surface area contributed by atoms with E-state index in [-0.39, 0.29) is 6.04 Å². The van der Waals surface area contributed by atoms with E-state index in [9.17, 15) is 0 Å². The molecule has 1 fully saturated rings. The smallest absolute Gasteiger partial charge is 0.243 e. The lowest BCUT2D eigenvalue weighted by atomic mass is 9.89. The first-order chi connectivity index (χ1) is 11.8. The number of nitrogens with zero attached hydrogens (tertiary/aromatic N) is 2. The summed E-state index contributed by atoms with van der Waals surface area (Å²) in [5.74, 6) is 2.92. The van der Waals surface area contributed by atoms with Gasteiger partial charge in [-0.2, -0.15) is 4.98 Å². The molecule has 1 aromatic carbocycles. The predicted molar refractivity (Wildman–Crippen MR) is 91.6 cm³/mol. The quantitative estimate of drug-likeness (QED) is 0.735. The van der Waals surface area contributed by atoms with E-state index in [1.165, 1.54) is 32.1 Å². The second-order valence-electron chi connectivity index (χ2n) is 6.68. The van der Waals surface area contributed by atoms with E-state index in [0.717, 1.165) is 22.6 Å². The molecule has 0 bridgehead atoms. The molecule has 1 atom stereocenters. The summed E-state index contributed by atoms with van der Waals surface area (Å²) >= 11 is 0. The summed E-state index contributed by atoms with van der Waals surface area (Å²) in [6.07, 6.45) is 6.24. The molecule has 126 valence electrons. The fourth-order valence-corrected chi connectivity index (χ4v) is 3.41. The number of hydrogen-bond acceptors (Lipinski definition) is 5. The minimum atomic E-state index is 0.00283. The molecule has 3 aromatic rings. The normalized spacial score (nSPS) is 17.4. The maximum Gasteiger partial charge on any atom is 0.243 e. The van der Waals surface area contributed by atoms with Crippen molar-refractivity contribution in [3.8, 4) is 0 Å². The van der Waals surface area contributed by atoms with Crippen LogP contribution in [-0.4, -0.2) is 10.1 Å². The molecule has 0 radical (unpaired) electrons. The number of para-hydroxylation sites is 1. The van der Waals surface area contributed by atoms with Crippen LogP contribution in [0.15, 0.2) is 39.3 Å². The van der Waals surface area contributed by atoms with E-state index in [1.807, 2.05) is 25.1 Å². The molecule has 5 heteroatoms. The average molecular weight is 325 g/mol. The van der Waals surface area contributed by atoms with E-state index in [2.05, 4.69) is 27.6 Å². The summed E-state index contributed by atoms with van der Waals surface area (Å²) in [5.41, 5.74) is 0.916. The Bertz CT molecular complexity index is 769. The van der Waals surface area contributed by atoms with Gasteiger partial charge in [-0.05, 0) is 31.9 Å². The van der Waals surface area contributed by atoms with Crippen LogP contribution in [0.3, 0.4) is 0 Å². The van der Waals surface area contributed by atoms with Crippen molar-refractivity contribution in [1.29, 1.82) is 0 Å². The van der Waals surface area contributed by atoms with Crippen LogP contribution in [-0.2, 0) is 6.54 Å². The molecule has 5 nitrogen and oxygen atoms in total. The standard InChI is InChI=1S/C19H23N3O2/c1-13(19-21-18(22-24-19)14-7-3-2-4-8-14)20-12-16-11-15-9-5-6-10-17(15)23-16/h5-6,9-11,13-14,20H,2-4,7-8,12H2,1H3. The van der Waals surface area contributed by atoms with Gasteiger partial charge in [0.1, 0.15) is 11.3 Å². The highest BCUT2D eigenvalue weighted by Gasteiger charge is 2.22. The Labute approximate surface area is 141 Å². The Morgan fingerprint density at radius 3 is 2.88 bits per heavy atom. The fraction of sp³-hybridized carbons (Fsp3) is 0.474. The first-order valence-corrected chi connectivity index (χ1v) is 8.84. The van der Waals surface area contributed by atoms with Crippen LogP contribution in [0.25, 0.3) is 11.0 Å². The number of aromatic nitrogens is 2. The lowest BCUT2D eigenvalue weighted by Crippen LogP contribution is -2.18. The third kappa shape index (κ3) is 3.22. The monoisotopic (exact) mass is 325 g/mol. The molecule has 0 amide bonds. The maximum atomic E-state index is 5.83. The van der Waals surface area contributed by atoms with Gasteiger partial charge in [0.2, 0.25) is 5.89 Å². The van der Waals surface area contributed by atoms with Crippen molar-refractivity contribution in [2.75, 3.05) is 0 Å². The molecule has 4 rings (SSSR count). The first kappa shape index (κ1) is 15.4. The van der Waals surface area contributed by atoms with E-state index < -0.39 is 0 Å². The van der Waals surface area contributed by atoms with Crippen LogP contribution < -0.4 is 5.32 Å². The van der Waals surface area contributed by atoms with Gasteiger partial charge in [-0.3, -0.25) is 5.32 Å². The van der Waals surface area contributed by atoms with E-state index >= 15 is 0 Å². The molecule has 1 aliphatic carbocycles. The first-order valence-electron chi connectivity index (χ1n) is 8.84. The van der Waals surface area contributed by atoms with Crippen molar-refractivity contribution in [3.05, 3.63) is 47.8 Å². The van der Waals surface area contributed by atoms with Crippen LogP contribution in [0.4, 0.5) is 0 Å². The summed E-state index contributed by atoms with van der Waals surface area (Å²) in [6.45, 7) is 2.68. The average Bonchev–Trinajstić information content (AvgIpc) is 3.27. The highest BCUT2D eigenvalue weighted by Crippen LogP contribution is 2.31. The maximum absolute atomic E-state index is 5.83. The largest absolute Gasteiger partial charge is 0.460 e. The highest BCUT2D eigenvalue weighted by atomic mass is 16.5. The number of fused-ring (bicyclic) bond motifs is 1. The van der Waals surface area contributed by atoms with Crippen molar-refractivity contribution in [1.82, 2.24) is 15.5 Å². The second kappa shape index (κ2) is 6.77. The van der Waals surface area contributed by atoms with Gasteiger partial charge in [-0.15, -0.1) is 0 Å². The molecule has 1 N–H and O–H groups in total. The summed E-state index contributed by atoms with van der Waals surface area (Å²) in [4.78, 5) is 4.62. The van der Waals surface area contributed by atoms with Crippen LogP contribution >= 0.6 is 0 Å². The number of hydrogen-bond donors (Lipinski definition) is 1. The van der Waals surface area contributed by atoms with Crippen molar-refractivity contribution in [3.63, 3.8) is 0 Å². The Morgan fingerprint density at radius 2 is 2.04 bits per heavy atom. The zero-order chi connectivity index (χ0) is 16.4. The second-order valence-corrected chi connectivity index (χ2v) is 6.68. The Balaban J connectivity index is 1.38. The zero-order valence-corrected chi connectivity index (χ0v) is 14.0. The van der Waals surface area contributed by atoms with Crippen molar-refractivity contribution >= 4 is 11.0 Å². The van der Waals surface area contributed by atoms with Gasteiger partial charge in [0.05, 0.1) is 12.6 Å². The predicted octanol–water partition coefficient (Wildman–Crippen LogP) is 4.71. The van der Waals surface area contributed by atoms with Gasteiger partial charge in [-0.1, -0.05) is 42.6 Å². The lowest BCUT2D eigenvalue weighted by Gasteiger charge is -2.17. The van der Waals surface area contributed by atoms with E-state index in [1.54, 1.807) is 0 Å².